The van der Waals surface area contributed by atoms with Gasteiger partial charge in [0.25, 0.3) is 0 Å². The molecule has 0 saturated carbocycles. The molecule has 2 nitrogen and oxygen atoms in total. The first-order valence-corrected chi connectivity index (χ1v) is 19.2. The molecular weight excluding hydrogens is 679 g/mol. The third-order valence-corrected chi connectivity index (χ3v) is 11.2. The number of hydrogen-bond acceptors (Lipinski definition) is 2. The van der Waals surface area contributed by atoms with Gasteiger partial charge in [-0.3, -0.25) is 0 Å². The Morgan fingerprint density at radius 2 is 0.893 bits per heavy atom. The van der Waals surface area contributed by atoms with Gasteiger partial charge in [-0.25, -0.2) is 0 Å². The topological polar surface area (TPSA) is 16.4 Å². The lowest BCUT2D eigenvalue weighted by Crippen LogP contribution is -2.10. The van der Waals surface area contributed by atoms with Crippen molar-refractivity contribution in [2.24, 2.45) is 0 Å². The zero-order chi connectivity index (χ0) is 37.0. The second-order valence-corrected chi connectivity index (χ2v) is 14.5. The summed E-state index contributed by atoms with van der Waals surface area (Å²) >= 11 is 0. The van der Waals surface area contributed by atoms with Crippen LogP contribution in [0.1, 0.15) is 0 Å². The van der Waals surface area contributed by atoms with E-state index in [2.05, 4.69) is 211 Å². The summed E-state index contributed by atoms with van der Waals surface area (Å²) in [6, 6.07) is 76.5. The normalized spacial score (nSPS) is 11.6. The van der Waals surface area contributed by atoms with E-state index in [1.165, 1.54) is 65.7 Å². The van der Waals surface area contributed by atoms with Crippen molar-refractivity contribution in [2.45, 2.75) is 0 Å². The van der Waals surface area contributed by atoms with E-state index in [9.17, 15) is 0 Å². The molecule has 1 aromatic heterocycles. The molecule has 0 amide bonds. The molecule has 0 aliphatic heterocycles. The van der Waals surface area contributed by atoms with Crippen LogP contribution >= 0.6 is 0 Å². The van der Waals surface area contributed by atoms with Gasteiger partial charge in [-0.15, -0.1) is 0 Å². The molecule has 11 aromatic rings. The Bertz CT molecular complexity index is 3230. The average molecular weight is 714 g/mol. The lowest BCUT2D eigenvalue weighted by molar-refractivity contribution is 0.669. The van der Waals surface area contributed by atoms with Crippen LogP contribution in [0.25, 0.3) is 87.6 Å². The zero-order valence-electron chi connectivity index (χ0n) is 30.6. The Morgan fingerprint density at radius 1 is 0.286 bits per heavy atom. The smallest absolute Gasteiger partial charge is 0.136 e. The maximum Gasteiger partial charge on any atom is 0.136 e. The van der Waals surface area contributed by atoms with Crippen LogP contribution in [0.4, 0.5) is 17.1 Å². The van der Waals surface area contributed by atoms with Gasteiger partial charge >= 0.3 is 0 Å². The fraction of sp³-hybridized carbons (Fsp3) is 0. The van der Waals surface area contributed by atoms with Gasteiger partial charge in [0.15, 0.2) is 0 Å². The van der Waals surface area contributed by atoms with Gasteiger partial charge in [-0.2, -0.15) is 0 Å². The van der Waals surface area contributed by atoms with Crippen molar-refractivity contribution in [1.29, 1.82) is 0 Å². The van der Waals surface area contributed by atoms with Gasteiger partial charge in [0.05, 0.1) is 0 Å². The van der Waals surface area contributed by atoms with Crippen molar-refractivity contribution in [3.05, 3.63) is 212 Å². The number of anilines is 3. The second kappa shape index (κ2) is 13.2. The number of fused-ring (bicyclic) bond motifs is 8. The molecule has 0 spiro atoms. The molecule has 0 unspecified atom stereocenters. The molecule has 0 bridgehead atoms. The molecule has 0 atom stereocenters. The summed E-state index contributed by atoms with van der Waals surface area (Å²) < 4.78 is 6.29. The van der Waals surface area contributed by atoms with Crippen molar-refractivity contribution in [3.8, 4) is 33.4 Å². The number of nitrogens with zero attached hydrogens (tertiary/aromatic N) is 1. The molecular formula is C54H35NO. The Morgan fingerprint density at radius 3 is 1.71 bits per heavy atom. The van der Waals surface area contributed by atoms with E-state index in [1.54, 1.807) is 0 Å². The Kier molecular flexibility index (Phi) is 7.53. The van der Waals surface area contributed by atoms with E-state index in [4.69, 9.17) is 4.42 Å². The first kappa shape index (κ1) is 32.0. The van der Waals surface area contributed by atoms with Gasteiger partial charge in [0.2, 0.25) is 0 Å². The fourth-order valence-corrected chi connectivity index (χ4v) is 8.60. The third kappa shape index (κ3) is 5.34. The highest BCUT2D eigenvalue weighted by Crippen LogP contribution is 2.43. The molecule has 0 saturated heterocycles. The minimum absolute atomic E-state index is 0.910. The largest absolute Gasteiger partial charge is 0.456 e. The molecule has 0 radical (unpaired) electrons. The van der Waals surface area contributed by atoms with Gasteiger partial charge < -0.3 is 9.32 Å². The molecule has 0 aliphatic carbocycles. The molecule has 10 aromatic carbocycles. The van der Waals surface area contributed by atoms with Gasteiger partial charge in [0, 0.05) is 27.8 Å². The van der Waals surface area contributed by atoms with Crippen molar-refractivity contribution in [1.82, 2.24) is 0 Å². The molecule has 0 fully saturated rings. The summed E-state index contributed by atoms with van der Waals surface area (Å²) in [6.07, 6.45) is 0. The van der Waals surface area contributed by atoms with Crippen molar-refractivity contribution < 1.29 is 4.42 Å². The van der Waals surface area contributed by atoms with Crippen LogP contribution in [0.5, 0.6) is 0 Å². The Labute approximate surface area is 325 Å². The molecule has 262 valence electrons. The van der Waals surface area contributed by atoms with Gasteiger partial charge in [0.1, 0.15) is 11.2 Å². The minimum atomic E-state index is 0.910. The van der Waals surface area contributed by atoms with Crippen molar-refractivity contribution >= 4 is 71.3 Å². The van der Waals surface area contributed by atoms with E-state index >= 15 is 0 Å². The summed E-state index contributed by atoms with van der Waals surface area (Å²) in [5.41, 5.74) is 12.2. The van der Waals surface area contributed by atoms with E-state index in [0.29, 0.717) is 0 Å². The number of para-hydroxylation sites is 2. The minimum Gasteiger partial charge on any atom is -0.456 e. The van der Waals surface area contributed by atoms with Gasteiger partial charge in [-0.05, 0) is 126 Å². The maximum absolute atomic E-state index is 6.29. The maximum atomic E-state index is 6.29. The fourth-order valence-electron chi connectivity index (χ4n) is 8.60. The lowest BCUT2D eigenvalue weighted by atomic mass is 9.91. The monoisotopic (exact) mass is 713 g/mol. The standard InChI is InChI=1S/C54H35NO/c1-3-13-36(14-4-1)50-35-43(30-31-45(50)40-24-23-38-27-32-53-54(51(38)34-40)48-21-11-12-22-52(48)56-53)55(41-16-5-2-6-17-41)42-28-25-37(26-29-42)49-33-39-15-7-8-18-44(39)46-19-9-10-20-47(46)49/h1-35H. The Balaban J connectivity index is 1.06. The van der Waals surface area contributed by atoms with Crippen molar-refractivity contribution in [3.63, 3.8) is 0 Å². The highest BCUT2D eigenvalue weighted by molar-refractivity contribution is 6.19. The molecule has 0 N–H and O–H groups in total. The summed E-state index contributed by atoms with van der Waals surface area (Å²) in [6.45, 7) is 0. The number of hydrogen-bond donors (Lipinski definition) is 0. The average Bonchev–Trinajstić information content (AvgIpc) is 3.66. The summed E-state index contributed by atoms with van der Waals surface area (Å²) in [4.78, 5) is 2.36. The van der Waals surface area contributed by atoms with Crippen LogP contribution in [0.2, 0.25) is 0 Å². The lowest BCUT2D eigenvalue weighted by Gasteiger charge is -2.27. The molecule has 2 heteroatoms. The first-order valence-electron chi connectivity index (χ1n) is 19.2. The zero-order valence-corrected chi connectivity index (χ0v) is 30.6. The van der Waals surface area contributed by atoms with Gasteiger partial charge in [-0.1, -0.05) is 152 Å². The van der Waals surface area contributed by atoms with Crippen LogP contribution in [0, 0.1) is 0 Å². The summed E-state index contributed by atoms with van der Waals surface area (Å²) in [5, 5.41) is 9.76. The second-order valence-electron chi connectivity index (χ2n) is 14.5. The molecule has 11 rings (SSSR count). The third-order valence-electron chi connectivity index (χ3n) is 11.2. The number of furan rings is 1. The van der Waals surface area contributed by atoms with Crippen LogP contribution in [-0.2, 0) is 0 Å². The predicted octanol–water partition coefficient (Wildman–Crippen LogP) is 15.5. The van der Waals surface area contributed by atoms with E-state index in [0.717, 1.165) is 39.0 Å². The SMILES string of the molecule is c1ccc(-c2cc(N(c3ccccc3)c3ccc(-c4cc5ccccc5c5ccccc45)cc3)ccc2-c2ccc3ccc4oc5ccccc5c4c3c2)cc1. The van der Waals surface area contributed by atoms with E-state index in [1.807, 2.05) is 6.07 Å². The molecule has 56 heavy (non-hydrogen) atoms. The first-order chi connectivity index (χ1) is 27.8. The highest BCUT2D eigenvalue weighted by Gasteiger charge is 2.18. The Hall–Kier alpha value is -7.42. The van der Waals surface area contributed by atoms with Crippen molar-refractivity contribution in [2.75, 3.05) is 4.90 Å². The predicted molar refractivity (Wildman–Crippen MR) is 237 cm³/mol. The summed E-state index contributed by atoms with van der Waals surface area (Å²) in [7, 11) is 0. The van der Waals surface area contributed by atoms with Crippen LogP contribution < -0.4 is 4.90 Å². The van der Waals surface area contributed by atoms with E-state index < -0.39 is 0 Å². The van der Waals surface area contributed by atoms with E-state index in [-0.39, 0.29) is 0 Å². The number of rotatable bonds is 6. The summed E-state index contributed by atoms with van der Waals surface area (Å²) in [5.74, 6) is 0. The highest BCUT2D eigenvalue weighted by atomic mass is 16.3. The molecule has 1 heterocycles. The van der Waals surface area contributed by atoms with Crippen LogP contribution in [0.15, 0.2) is 217 Å². The number of benzene rings is 10. The van der Waals surface area contributed by atoms with Crippen LogP contribution in [-0.4, -0.2) is 0 Å². The molecule has 0 aliphatic rings. The quantitative estimate of drug-likeness (QED) is 0.160. The van der Waals surface area contributed by atoms with Crippen LogP contribution in [0.3, 0.4) is 0 Å².